The molecule has 5 nitrogen and oxygen atoms in total. The Morgan fingerprint density at radius 2 is 2.29 bits per heavy atom. The minimum Gasteiger partial charge on any atom is -0.478 e. The van der Waals surface area contributed by atoms with Crippen molar-refractivity contribution in [1.82, 2.24) is 9.97 Å². The third kappa shape index (κ3) is 3.97. The van der Waals surface area contributed by atoms with E-state index in [0.717, 1.165) is 30.2 Å². The first kappa shape index (κ1) is 13.9. The van der Waals surface area contributed by atoms with Gasteiger partial charge in [-0.05, 0) is 31.4 Å². The van der Waals surface area contributed by atoms with Gasteiger partial charge in [-0.1, -0.05) is 13.3 Å². The molecule has 112 valence electrons. The van der Waals surface area contributed by atoms with Crippen LogP contribution in [0.25, 0.3) is 0 Å². The van der Waals surface area contributed by atoms with E-state index in [1.54, 1.807) is 6.26 Å². The Hall–Kier alpha value is -2.04. The third-order valence-electron chi connectivity index (χ3n) is 3.43. The average Bonchev–Trinajstić information content (AvgIpc) is 3.22. The molecule has 0 atom stereocenters. The largest absolute Gasteiger partial charge is 0.478 e. The molecule has 0 bridgehead atoms. The molecule has 0 spiro atoms. The molecule has 0 amide bonds. The Bertz CT molecular complexity index is 565. The van der Waals surface area contributed by atoms with Crippen LogP contribution in [0.4, 0.5) is 5.82 Å². The molecule has 0 saturated heterocycles. The van der Waals surface area contributed by atoms with Crippen molar-refractivity contribution in [2.75, 3.05) is 11.9 Å². The van der Waals surface area contributed by atoms with E-state index in [1.165, 1.54) is 12.8 Å². The van der Waals surface area contributed by atoms with Crippen LogP contribution < -0.4 is 10.1 Å². The third-order valence-corrected chi connectivity index (χ3v) is 3.43. The molecule has 0 unspecified atom stereocenters. The van der Waals surface area contributed by atoms with Gasteiger partial charge in [-0.3, -0.25) is 0 Å². The second-order valence-electron chi connectivity index (χ2n) is 5.36. The van der Waals surface area contributed by atoms with Crippen LogP contribution in [-0.2, 0) is 6.54 Å². The van der Waals surface area contributed by atoms with Gasteiger partial charge < -0.3 is 14.5 Å². The first-order chi connectivity index (χ1) is 10.3. The van der Waals surface area contributed by atoms with Crippen LogP contribution in [0.15, 0.2) is 28.9 Å². The SMILES string of the molecule is CCCCOc1cc(NCc2ccco2)nc(C2CC2)n1. The van der Waals surface area contributed by atoms with Gasteiger partial charge in [-0.25, -0.2) is 4.98 Å². The lowest BCUT2D eigenvalue weighted by atomic mass is 10.3. The lowest BCUT2D eigenvalue weighted by molar-refractivity contribution is 0.296. The molecule has 0 aromatic carbocycles. The van der Waals surface area contributed by atoms with Crippen molar-refractivity contribution in [2.45, 2.75) is 45.1 Å². The normalized spacial score (nSPS) is 14.1. The molecule has 1 aliphatic rings. The summed E-state index contributed by atoms with van der Waals surface area (Å²) >= 11 is 0. The summed E-state index contributed by atoms with van der Waals surface area (Å²) in [5.41, 5.74) is 0. The maximum Gasteiger partial charge on any atom is 0.218 e. The molecule has 1 N–H and O–H groups in total. The van der Waals surface area contributed by atoms with Crippen LogP contribution in [0, 0.1) is 0 Å². The molecular weight excluding hydrogens is 266 g/mol. The van der Waals surface area contributed by atoms with E-state index >= 15 is 0 Å². The first-order valence-corrected chi connectivity index (χ1v) is 7.63. The van der Waals surface area contributed by atoms with E-state index in [1.807, 2.05) is 18.2 Å². The molecule has 1 aliphatic carbocycles. The fourth-order valence-electron chi connectivity index (χ4n) is 2.04. The van der Waals surface area contributed by atoms with E-state index in [4.69, 9.17) is 9.15 Å². The number of ether oxygens (including phenoxy) is 1. The fourth-order valence-corrected chi connectivity index (χ4v) is 2.04. The highest BCUT2D eigenvalue weighted by molar-refractivity contribution is 5.39. The van der Waals surface area contributed by atoms with Crippen LogP contribution in [0.2, 0.25) is 0 Å². The zero-order valence-corrected chi connectivity index (χ0v) is 12.3. The molecule has 2 heterocycles. The van der Waals surface area contributed by atoms with E-state index in [-0.39, 0.29) is 0 Å². The molecule has 1 fully saturated rings. The summed E-state index contributed by atoms with van der Waals surface area (Å²) in [6, 6.07) is 5.69. The number of nitrogens with one attached hydrogen (secondary N) is 1. The summed E-state index contributed by atoms with van der Waals surface area (Å²) in [4.78, 5) is 9.09. The van der Waals surface area contributed by atoms with Gasteiger partial charge in [0, 0.05) is 12.0 Å². The standard InChI is InChI=1S/C16H21N3O2/c1-2-3-8-21-15-10-14(17-11-13-5-4-9-20-13)18-16(19-15)12-6-7-12/h4-5,9-10,12H,2-3,6-8,11H2,1H3,(H,17,18,19). The van der Waals surface area contributed by atoms with Crippen LogP contribution in [-0.4, -0.2) is 16.6 Å². The van der Waals surface area contributed by atoms with Crippen LogP contribution in [0.1, 0.15) is 50.1 Å². The predicted molar refractivity (Wildman–Crippen MR) is 80.4 cm³/mol. The predicted octanol–water partition coefficient (Wildman–Crippen LogP) is 3.74. The van der Waals surface area contributed by atoms with Gasteiger partial charge in [0.25, 0.3) is 0 Å². The summed E-state index contributed by atoms with van der Waals surface area (Å²) in [7, 11) is 0. The molecule has 3 rings (SSSR count). The van der Waals surface area contributed by atoms with E-state index in [2.05, 4.69) is 22.2 Å². The smallest absolute Gasteiger partial charge is 0.218 e. The van der Waals surface area contributed by atoms with Crippen molar-refractivity contribution < 1.29 is 9.15 Å². The lowest BCUT2D eigenvalue weighted by Gasteiger charge is -2.10. The van der Waals surface area contributed by atoms with E-state index < -0.39 is 0 Å². The van der Waals surface area contributed by atoms with Crippen LogP contribution in [0.3, 0.4) is 0 Å². The van der Waals surface area contributed by atoms with Gasteiger partial charge >= 0.3 is 0 Å². The summed E-state index contributed by atoms with van der Waals surface area (Å²) in [5.74, 6) is 3.75. The maximum absolute atomic E-state index is 5.73. The van der Waals surface area contributed by atoms with E-state index in [9.17, 15) is 0 Å². The molecule has 0 aliphatic heterocycles. The highest BCUT2D eigenvalue weighted by Gasteiger charge is 2.27. The average molecular weight is 287 g/mol. The minimum absolute atomic E-state index is 0.504. The molecule has 2 aromatic rings. The number of hydrogen-bond donors (Lipinski definition) is 1. The summed E-state index contributed by atoms with van der Waals surface area (Å²) in [6.07, 6.45) is 6.18. The Morgan fingerprint density at radius 1 is 1.38 bits per heavy atom. The highest BCUT2D eigenvalue weighted by Crippen LogP contribution is 2.39. The van der Waals surface area contributed by atoms with Gasteiger partial charge in [0.2, 0.25) is 5.88 Å². The molecule has 0 radical (unpaired) electrons. The highest BCUT2D eigenvalue weighted by atomic mass is 16.5. The van der Waals surface area contributed by atoms with Crippen LogP contribution in [0.5, 0.6) is 5.88 Å². The zero-order valence-electron chi connectivity index (χ0n) is 12.3. The Morgan fingerprint density at radius 3 is 3.00 bits per heavy atom. The second-order valence-corrected chi connectivity index (χ2v) is 5.36. The first-order valence-electron chi connectivity index (χ1n) is 7.63. The van der Waals surface area contributed by atoms with Crippen molar-refractivity contribution >= 4 is 5.82 Å². The topological polar surface area (TPSA) is 60.2 Å². The number of anilines is 1. The quantitative estimate of drug-likeness (QED) is 0.749. The van der Waals surface area contributed by atoms with Gasteiger partial charge in [-0.15, -0.1) is 0 Å². The number of aromatic nitrogens is 2. The Kier molecular flexibility index (Phi) is 4.38. The second kappa shape index (κ2) is 6.61. The van der Waals surface area contributed by atoms with Gasteiger partial charge in [-0.2, -0.15) is 4.98 Å². The fraction of sp³-hybridized carbons (Fsp3) is 0.500. The summed E-state index contributed by atoms with van der Waals surface area (Å²) in [5, 5.41) is 3.28. The maximum atomic E-state index is 5.73. The number of hydrogen-bond acceptors (Lipinski definition) is 5. The molecular formula is C16H21N3O2. The van der Waals surface area contributed by atoms with Gasteiger partial charge in [0.15, 0.2) is 0 Å². The molecule has 2 aromatic heterocycles. The lowest BCUT2D eigenvalue weighted by Crippen LogP contribution is -2.06. The van der Waals surface area contributed by atoms with Gasteiger partial charge in [0.1, 0.15) is 17.4 Å². The van der Waals surface area contributed by atoms with Gasteiger partial charge in [0.05, 0.1) is 19.4 Å². The number of rotatable bonds is 8. The molecule has 21 heavy (non-hydrogen) atoms. The summed E-state index contributed by atoms with van der Waals surface area (Å²) in [6.45, 7) is 3.47. The molecule has 1 saturated carbocycles. The van der Waals surface area contributed by atoms with Crippen molar-refractivity contribution in [3.63, 3.8) is 0 Å². The minimum atomic E-state index is 0.504. The van der Waals surface area contributed by atoms with Crippen molar-refractivity contribution in [3.8, 4) is 5.88 Å². The monoisotopic (exact) mass is 287 g/mol. The van der Waals surface area contributed by atoms with Crippen molar-refractivity contribution in [1.29, 1.82) is 0 Å². The number of nitrogens with zero attached hydrogens (tertiary/aromatic N) is 2. The Balaban J connectivity index is 1.68. The number of unbranched alkanes of at least 4 members (excludes halogenated alkanes) is 1. The van der Waals surface area contributed by atoms with Crippen molar-refractivity contribution in [2.24, 2.45) is 0 Å². The zero-order chi connectivity index (χ0) is 14.5. The Labute approximate surface area is 124 Å². The number of furan rings is 1. The van der Waals surface area contributed by atoms with E-state index in [0.29, 0.717) is 24.9 Å². The summed E-state index contributed by atoms with van der Waals surface area (Å²) < 4.78 is 11.0. The van der Waals surface area contributed by atoms with Crippen molar-refractivity contribution in [3.05, 3.63) is 36.0 Å². The van der Waals surface area contributed by atoms with Crippen LogP contribution >= 0.6 is 0 Å². The molecule has 5 heteroatoms.